The van der Waals surface area contributed by atoms with Gasteiger partial charge in [-0.25, -0.2) is 0 Å². The van der Waals surface area contributed by atoms with E-state index in [1.807, 2.05) is 18.2 Å². The predicted octanol–water partition coefficient (Wildman–Crippen LogP) is 3.04. The van der Waals surface area contributed by atoms with Gasteiger partial charge >= 0.3 is 0 Å². The molecular weight excluding hydrogens is 224 g/mol. The second kappa shape index (κ2) is 4.54. The van der Waals surface area contributed by atoms with Crippen molar-refractivity contribution in [3.05, 3.63) is 48.0 Å². The predicted molar refractivity (Wildman–Crippen MR) is 71.6 cm³/mol. The fourth-order valence-electron chi connectivity index (χ4n) is 2.96. The van der Waals surface area contributed by atoms with Gasteiger partial charge in [-0.05, 0) is 28.7 Å². The minimum atomic E-state index is -0.477. The molecule has 0 radical (unpaired) electrons. The number of aliphatic hydroxyl groups excluding tert-OH is 1. The Bertz CT molecular complexity index is 583. The number of benzene rings is 2. The maximum Gasteiger partial charge on any atom is 0.136 e. The van der Waals surface area contributed by atoms with Gasteiger partial charge in [-0.15, -0.1) is 0 Å². The molecule has 0 aliphatic heterocycles. The van der Waals surface area contributed by atoms with Crippen LogP contribution in [0.4, 0.5) is 0 Å². The molecule has 2 aromatic carbocycles. The van der Waals surface area contributed by atoms with Gasteiger partial charge in [0.05, 0.1) is 6.10 Å². The number of fused-ring (bicyclic) bond motifs is 1. The van der Waals surface area contributed by atoms with Crippen LogP contribution in [-0.2, 0) is 4.79 Å². The number of hydrogen-bond donors (Lipinski definition) is 1. The van der Waals surface area contributed by atoms with Crippen LogP contribution in [0.5, 0.6) is 0 Å². The zero-order valence-electron chi connectivity index (χ0n) is 10.2. The van der Waals surface area contributed by atoms with E-state index in [2.05, 4.69) is 24.3 Å². The first kappa shape index (κ1) is 11.4. The van der Waals surface area contributed by atoms with E-state index in [1.54, 1.807) is 0 Å². The number of carbonyl (C=O) groups is 1. The summed E-state index contributed by atoms with van der Waals surface area (Å²) in [5, 5.41) is 12.2. The van der Waals surface area contributed by atoms with Gasteiger partial charge in [0.1, 0.15) is 5.78 Å². The highest BCUT2D eigenvalue weighted by atomic mass is 16.3. The van der Waals surface area contributed by atoms with Crippen LogP contribution in [0, 0.1) is 0 Å². The fourth-order valence-corrected chi connectivity index (χ4v) is 2.96. The third kappa shape index (κ3) is 2.04. The van der Waals surface area contributed by atoms with Crippen molar-refractivity contribution in [2.24, 2.45) is 0 Å². The Labute approximate surface area is 106 Å². The molecule has 2 heteroatoms. The molecule has 0 saturated heterocycles. The van der Waals surface area contributed by atoms with E-state index < -0.39 is 6.10 Å². The molecular formula is C16H16O2. The minimum absolute atomic E-state index is 0.160. The van der Waals surface area contributed by atoms with Crippen molar-refractivity contribution in [1.29, 1.82) is 0 Å². The Balaban J connectivity index is 2.06. The zero-order valence-corrected chi connectivity index (χ0v) is 10.2. The smallest absolute Gasteiger partial charge is 0.136 e. The highest BCUT2D eigenvalue weighted by molar-refractivity contribution is 5.88. The second-order valence-corrected chi connectivity index (χ2v) is 5.10. The lowest BCUT2D eigenvalue weighted by molar-refractivity contribution is -0.123. The van der Waals surface area contributed by atoms with Crippen molar-refractivity contribution >= 4 is 16.6 Å². The molecule has 2 unspecified atom stereocenters. The Morgan fingerprint density at radius 2 is 1.78 bits per heavy atom. The molecule has 0 spiro atoms. The quantitative estimate of drug-likeness (QED) is 0.831. The number of carbonyl (C=O) groups excluding carboxylic acids is 1. The zero-order chi connectivity index (χ0) is 12.5. The first-order valence-electron chi connectivity index (χ1n) is 6.41. The lowest BCUT2D eigenvalue weighted by Crippen LogP contribution is -2.25. The van der Waals surface area contributed by atoms with Crippen molar-refractivity contribution in [3.63, 3.8) is 0 Å². The SMILES string of the molecule is O=C1CC(O)CC(c2cccc3ccccc23)C1. The topological polar surface area (TPSA) is 37.3 Å². The average Bonchev–Trinajstić information content (AvgIpc) is 2.37. The van der Waals surface area contributed by atoms with E-state index in [-0.39, 0.29) is 11.7 Å². The third-order valence-electron chi connectivity index (χ3n) is 3.76. The van der Waals surface area contributed by atoms with Crippen molar-refractivity contribution in [2.45, 2.75) is 31.3 Å². The van der Waals surface area contributed by atoms with Crippen LogP contribution in [0.1, 0.15) is 30.7 Å². The number of rotatable bonds is 1. The number of aliphatic hydroxyl groups is 1. The first-order valence-corrected chi connectivity index (χ1v) is 6.41. The van der Waals surface area contributed by atoms with Crippen LogP contribution in [0.15, 0.2) is 42.5 Å². The van der Waals surface area contributed by atoms with E-state index in [1.165, 1.54) is 16.3 Å². The summed E-state index contributed by atoms with van der Waals surface area (Å²) in [5.74, 6) is 0.332. The molecule has 0 aromatic heterocycles. The van der Waals surface area contributed by atoms with Crippen molar-refractivity contribution in [2.75, 3.05) is 0 Å². The summed E-state index contributed by atoms with van der Waals surface area (Å²) in [7, 11) is 0. The average molecular weight is 240 g/mol. The number of ketones is 1. The number of hydrogen-bond acceptors (Lipinski definition) is 2. The highest BCUT2D eigenvalue weighted by Crippen LogP contribution is 2.35. The number of Topliss-reactive ketones (excluding diaryl/α,β-unsaturated/α-hetero) is 1. The van der Waals surface area contributed by atoms with E-state index >= 15 is 0 Å². The third-order valence-corrected chi connectivity index (χ3v) is 3.76. The van der Waals surface area contributed by atoms with E-state index in [9.17, 15) is 9.90 Å². The van der Waals surface area contributed by atoms with Crippen LogP contribution in [-0.4, -0.2) is 17.0 Å². The molecule has 1 N–H and O–H groups in total. The summed E-state index contributed by atoms with van der Waals surface area (Å²) in [6, 6.07) is 14.4. The molecule has 0 heterocycles. The molecule has 0 bridgehead atoms. The molecule has 1 aliphatic rings. The van der Waals surface area contributed by atoms with Crippen LogP contribution in [0.25, 0.3) is 10.8 Å². The standard InChI is InChI=1S/C16H16O2/c17-13-8-12(9-14(18)10-13)16-7-3-5-11-4-1-2-6-15(11)16/h1-7,12-13,17H,8-10H2. The van der Waals surface area contributed by atoms with Gasteiger partial charge < -0.3 is 5.11 Å². The molecule has 2 aromatic rings. The van der Waals surface area contributed by atoms with Gasteiger partial charge in [-0.1, -0.05) is 42.5 Å². The first-order chi connectivity index (χ1) is 8.74. The summed E-state index contributed by atoms with van der Waals surface area (Å²) in [6.45, 7) is 0. The van der Waals surface area contributed by atoms with Crippen molar-refractivity contribution in [3.8, 4) is 0 Å². The van der Waals surface area contributed by atoms with Gasteiger partial charge in [-0.2, -0.15) is 0 Å². The van der Waals surface area contributed by atoms with E-state index in [4.69, 9.17) is 0 Å². The second-order valence-electron chi connectivity index (χ2n) is 5.10. The molecule has 2 atom stereocenters. The Kier molecular flexibility index (Phi) is 2.88. The Morgan fingerprint density at radius 1 is 1.00 bits per heavy atom. The monoisotopic (exact) mass is 240 g/mol. The lowest BCUT2D eigenvalue weighted by atomic mass is 9.80. The Hall–Kier alpha value is -1.67. The van der Waals surface area contributed by atoms with Crippen LogP contribution in [0.2, 0.25) is 0 Å². The Morgan fingerprint density at radius 3 is 2.61 bits per heavy atom. The minimum Gasteiger partial charge on any atom is -0.393 e. The maximum absolute atomic E-state index is 11.6. The van der Waals surface area contributed by atoms with Gasteiger partial charge in [0.25, 0.3) is 0 Å². The van der Waals surface area contributed by atoms with E-state index in [0.29, 0.717) is 19.3 Å². The van der Waals surface area contributed by atoms with Gasteiger partial charge in [-0.3, -0.25) is 4.79 Å². The normalized spacial score (nSPS) is 24.4. The van der Waals surface area contributed by atoms with Crippen molar-refractivity contribution in [1.82, 2.24) is 0 Å². The molecule has 92 valence electrons. The van der Waals surface area contributed by atoms with Crippen LogP contribution >= 0.6 is 0 Å². The summed E-state index contributed by atoms with van der Waals surface area (Å²) in [6.07, 6.45) is 1.10. The van der Waals surface area contributed by atoms with Gasteiger partial charge in [0.15, 0.2) is 0 Å². The van der Waals surface area contributed by atoms with Crippen LogP contribution < -0.4 is 0 Å². The maximum atomic E-state index is 11.6. The highest BCUT2D eigenvalue weighted by Gasteiger charge is 2.27. The summed E-state index contributed by atoms with van der Waals surface area (Å²) in [4.78, 5) is 11.6. The van der Waals surface area contributed by atoms with Crippen LogP contribution in [0.3, 0.4) is 0 Å². The van der Waals surface area contributed by atoms with Gasteiger partial charge in [0, 0.05) is 12.8 Å². The lowest BCUT2D eigenvalue weighted by Gasteiger charge is -2.26. The molecule has 1 saturated carbocycles. The summed E-state index contributed by atoms with van der Waals surface area (Å²) in [5.41, 5.74) is 1.19. The summed E-state index contributed by atoms with van der Waals surface area (Å²) >= 11 is 0. The van der Waals surface area contributed by atoms with Gasteiger partial charge in [0.2, 0.25) is 0 Å². The summed E-state index contributed by atoms with van der Waals surface area (Å²) < 4.78 is 0. The molecule has 0 amide bonds. The fraction of sp³-hybridized carbons (Fsp3) is 0.312. The van der Waals surface area contributed by atoms with E-state index in [0.717, 1.165) is 0 Å². The molecule has 1 fully saturated rings. The molecule has 1 aliphatic carbocycles. The molecule has 18 heavy (non-hydrogen) atoms. The van der Waals surface area contributed by atoms with Crippen molar-refractivity contribution < 1.29 is 9.90 Å². The molecule has 3 rings (SSSR count). The largest absolute Gasteiger partial charge is 0.393 e. The molecule has 2 nitrogen and oxygen atoms in total.